The fraction of sp³-hybridized carbons (Fsp3) is 0.133. The van der Waals surface area contributed by atoms with Gasteiger partial charge in [0.1, 0.15) is 0 Å². The molecule has 0 atom stereocenters. The Morgan fingerprint density at radius 1 is 1.22 bits per heavy atom. The summed E-state index contributed by atoms with van der Waals surface area (Å²) in [6, 6.07) is 8.29. The van der Waals surface area contributed by atoms with E-state index in [2.05, 4.69) is 10.2 Å². The zero-order valence-corrected chi connectivity index (χ0v) is 13.2. The number of aromatic nitrogens is 2. The van der Waals surface area contributed by atoms with Crippen molar-refractivity contribution >= 4 is 29.2 Å². The Balaban J connectivity index is 1.57. The molecular formula is C15H10Cl2N2O4. The number of carbonyl (C=O) groups excluding carboxylic acids is 1. The summed E-state index contributed by atoms with van der Waals surface area (Å²) in [6.07, 6.45) is 1.52. The second-order valence-corrected chi connectivity index (χ2v) is 5.40. The molecule has 8 heteroatoms. The van der Waals surface area contributed by atoms with Gasteiger partial charge in [-0.1, -0.05) is 29.3 Å². The van der Waals surface area contributed by atoms with Crippen LogP contribution in [0, 0.1) is 0 Å². The molecule has 0 amide bonds. The van der Waals surface area contributed by atoms with E-state index in [-0.39, 0.29) is 24.8 Å². The van der Waals surface area contributed by atoms with Crippen LogP contribution in [0.4, 0.5) is 0 Å². The third-order valence-corrected chi connectivity index (χ3v) is 3.49. The largest absolute Gasteiger partial charge is 0.459 e. The summed E-state index contributed by atoms with van der Waals surface area (Å²) in [4.78, 5) is 11.8. The normalized spacial score (nSPS) is 10.7. The number of carbonyl (C=O) groups is 1. The number of halogens is 2. The van der Waals surface area contributed by atoms with Gasteiger partial charge in [-0.05, 0) is 29.8 Å². The van der Waals surface area contributed by atoms with Gasteiger partial charge in [0.2, 0.25) is 0 Å². The topological polar surface area (TPSA) is 78.4 Å². The second-order valence-electron chi connectivity index (χ2n) is 4.55. The minimum absolute atomic E-state index is 0.0230. The monoisotopic (exact) mass is 352 g/mol. The lowest BCUT2D eigenvalue weighted by molar-refractivity contribution is -0.144. The van der Waals surface area contributed by atoms with Crippen molar-refractivity contribution in [1.82, 2.24) is 10.2 Å². The molecule has 0 N–H and O–H groups in total. The number of rotatable bonds is 5. The quantitative estimate of drug-likeness (QED) is 0.647. The molecule has 23 heavy (non-hydrogen) atoms. The van der Waals surface area contributed by atoms with E-state index < -0.39 is 5.97 Å². The van der Waals surface area contributed by atoms with Gasteiger partial charge in [0, 0.05) is 10.0 Å². The first kappa shape index (κ1) is 15.6. The van der Waals surface area contributed by atoms with Crippen molar-refractivity contribution in [2.75, 3.05) is 0 Å². The summed E-state index contributed by atoms with van der Waals surface area (Å²) in [5.41, 5.74) is 0.628. The molecule has 0 aliphatic carbocycles. The Morgan fingerprint density at radius 3 is 2.83 bits per heavy atom. The third-order valence-electron chi connectivity index (χ3n) is 2.91. The van der Waals surface area contributed by atoms with Gasteiger partial charge in [-0.3, -0.25) is 4.79 Å². The van der Waals surface area contributed by atoms with Crippen LogP contribution < -0.4 is 0 Å². The molecule has 0 saturated carbocycles. The minimum Gasteiger partial charge on any atom is -0.459 e. The van der Waals surface area contributed by atoms with Gasteiger partial charge in [-0.15, -0.1) is 10.2 Å². The highest BCUT2D eigenvalue weighted by molar-refractivity contribution is 6.35. The van der Waals surface area contributed by atoms with Gasteiger partial charge in [0.05, 0.1) is 12.7 Å². The Morgan fingerprint density at radius 2 is 2.09 bits per heavy atom. The fourth-order valence-electron chi connectivity index (χ4n) is 1.83. The van der Waals surface area contributed by atoms with Gasteiger partial charge < -0.3 is 13.6 Å². The predicted octanol–water partition coefficient (Wildman–Crippen LogP) is 3.92. The molecule has 0 saturated heterocycles. The van der Waals surface area contributed by atoms with Crippen LogP contribution in [0.5, 0.6) is 0 Å². The number of nitrogens with zero attached hydrogens (tertiary/aromatic N) is 2. The second kappa shape index (κ2) is 6.85. The molecule has 6 nitrogen and oxygen atoms in total. The SMILES string of the molecule is O=C(Cc1ccc(Cl)cc1Cl)OCc1nnc(-c2ccco2)o1. The zero-order valence-electron chi connectivity index (χ0n) is 11.7. The van der Waals surface area contributed by atoms with Gasteiger partial charge in [0.15, 0.2) is 12.4 Å². The number of hydrogen-bond acceptors (Lipinski definition) is 6. The van der Waals surface area contributed by atoms with E-state index in [1.165, 1.54) is 6.26 Å². The highest BCUT2D eigenvalue weighted by Gasteiger charge is 2.14. The molecule has 0 unspecified atom stereocenters. The maximum Gasteiger partial charge on any atom is 0.310 e. The Hall–Kier alpha value is -2.31. The van der Waals surface area contributed by atoms with Crippen molar-refractivity contribution in [2.24, 2.45) is 0 Å². The number of furan rings is 1. The molecule has 2 heterocycles. The first-order valence-electron chi connectivity index (χ1n) is 6.57. The van der Waals surface area contributed by atoms with Crippen molar-refractivity contribution in [1.29, 1.82) is 0 Å². The molecule has 3 aromatic rings. The molecule has 0 aliphatic rings. The molecule has 0 fully saturated rings. The van der Waals surface area contributed by atoms with Crippen LogP contribution in [0.3, 0.4) is 0 Å². The van der Waals surface area contributed by atoms with E-state index in [4.69, 9.17) is 36.8 Å². The first-order valence-corrected chi connectivity index (χ1v) is 7.33. The molecule has 2 aromatic heterocycles. The number of hydrogen-bond donors (Lipinski definition) is 0. The predicted molar refractivity (Wildman–Crippen MR) is 82.0 cm³/mol. The fourth-order valence-corrected chi connectivity index (χ4v) is 2.30. The summed E-state index contributed by atoms with van der Waals surface area (Å²) < 4.78 is 15.6. The van der Waals surface area contributed by atoms with Gasteiger partial charge in [-0.2, -0.15) is 0 Å². The lowest BCUT2D eigenvalue weighted by Gasteiger charge is -2.04. The Labute approximate surface area is 141 Å². The lowest BCUT2D eigenvalue weighted by atomic mass is 10.1. The standard InChI is InChI=1S/C15H10Cl2N2O4/c16-10-4-3-9(11(17)7-10)6-14(20)22-8-13-18-19-15(23-13)12-2-1-5-21-12/h1-5,7H,6,8H2. The minimum atomic E-state index is -0.466. The van der Waals surface area contributed by atoms with Gasteiger partial charge in [0.25, 0.3) is 11.8 Å². The third kappa shape index (κ3) is 3.91. The van der Waals surface area contributed by atoms with Crippen LogP contribution in [0.25, 0.3) is 11.7 Å². The molecule has 0 radical (unpaired) electrons. The van der Waals surface area contributed by atoms with Crippen LogP contribution in [0.1, 0.15) is 11.5 Å². The molecule has 118 valence electrons. The van der Waals surface area contributed by atoms with E-state index in [0.29, 0.717) is 21.4 Å². The van der Waals surface area contributed by atoms with Crippen molar-refractivity contribution in [2.45, 2.75) is 13.0 Å². The average molecular weight is 353 g/mol. The lowest BCUT2D eigenvalue weighted by Crippen LogP contribution is -2.08. The number of ether oxygens (including phenoxy) is 1. The summed E-state index contributed by atoms with van der Waals surface area (Å²) in [5.74, 6) is 0.378. The van der Waals surface area contributed by atoms with Crippen molar-refractivity contribution in [3.8, 4) is 11.7 Å². The van der Waals surface area contributed by atoms with Crippen molar-refractivity contribution in [3.63, 3.8) is 0 Å². The molecular weight excluding hydrogens is 343 g/mol. The molecule has 0 bridgehead atoms. The van der Waals surface area contributed by atoms with Crippen LogP contribution in [-0.2, 0) is 22.6 Å². The molecule has 1 aromatic carbocycles. The van der Waals surface area contributed by atoms with E-state index in [9.17, 15) is 4.79 Å². The van der Waals surface area contributed by atoms with Crippen LogP contribution in [-0.4, -0.2) is 16.2 Å². The van der Waals surface area contributed by atoms with E-state index in [1.807, 2.05) is 0 Å². The van der Waals surface area contributed by atoms with Gasteiger partial charge >= 0.3 is 5.97 Å². The summed E-state index contributed by atoms with van der Waals surface area (Å²) in [6.45, 7) is -0.127. The molecule has 3 rings (SSSR count). The average Bonchev–Trinajstić information content (AvgIpc) is 3.18. The molecule has 0 aliphatic heterocycles. The smallest absolute Gasteiger partial charge is 0.310 e. The Kier molecular flexibility index (Phi) is 4.64. The van der Waals surface area contributed by atoms with E-state index in [1.54, 1.807) is 30.3 Å². The van der Waals surface area contributed by atoms with Crippen LogP contribution in [0.15, 0.2) is 45.4 Å². The van der Waals surface area contributed by atoms with E-state index in [0.717, 1.165) is 0 Å². The number of esters is 1. The maximum atomic E-state index is 11.8. The van der Waals surface area contributed by atoms with E-state index >= 15 is 0 Å². The number of benzene rings is 1. The van der Waals surface area contributed by atoms with Gasteiger partial charge in [-0.25, -0.2) is 0 Å². The maximum absolute atomic E-state index is 11.8. The van der Waals surface area contributed by atoms with Crippen LogP contribution >= 0.6 is 23.2 Å². The van der Waals surface area contributed by atoms with Crippen molar-refractivity contribution < 1.29 is 18.4 Å². The van der Waals surface area contributed by atoms with Crippen molar-refractivity contribution in [3.05, 3.63) is 58.1 Å². The summed E-state index contributed by atoms with van der Waals surface area (Å²) >= 11 is 11.8. The van der Waals surface area contributed by atoms with Crippen LogP contribution in [0.2, 0.25) is 10.0 Å². The highest BCUT2D eigenvalue weighted by Crippen LogP contribution is 2.22. The summed E-state index contributed by atoms with van der Waals surface area (Å²) in [5, 5.41) is 8.50. The highest BCUT2D eigenvalue weighted by atomic mass is 35.5. The molecule has 0 spiro atoms. The first-order chi connectivity index (χ1) is 11.1. The summed E-state index contributed by atoms with van der Waals surface area (Å²) in [7, 11) is 0. The Bertz CT molecular complexity index is 815. The zero-order chi connectivity index (χ0) is 16.2.